The number of benzene rings is 2. The molecule has 2 aromatic rings. The second-order valence-corrected chi connectivity index (χ2v) is 4.95. The van der Waals surface area contributed by atoms with Gasteiger partial charge in [-0.15, -0.1) is 0 Å². The van der Waals surface area contributed by atoms with E-state index in [2.05, 4.69) is 5.32 Å². The van der Waals surface area contributed by atoms with Crippen molar-refractivity contribution in [1.29, 1.82) is 0 Å². The third kappa shape index (κ3) is 3.03. The fourth-order valence-corrected chi connectivity index (χ4v) is 2.11. The molecule has 2 rings (SSSR count). The molecule has 0 aliphatic rings. The Morgan fingerprint density at radius 3 is 2.05 bits per heavy atom. The minimum Gasteiger partial charge on any atom is -0.397 e. The summed E-state index contributed by atoms with van der Waals surface area (Å²) in [5.41, 5.74) is 6.59. The second kappa shape index (κ2) is 5.41. The molecule has 0 unspecified atom stereocenters. The van der Waals surface area contributed by atoms with Crippen LogP contribution in [-0.2, 0) is 0 Å². The molecular weight excluding hydrogens is 317 g/mol. The number of nitrogens with two attached hydrogens (primary N) is 1. The van der Waals surface area contributed by atoms with E-state index in [1.165, 1.54) is 18.2 Å². The molecule has 0 aliphatic heterocycles. The summed E-state index contributed by atoms with van der Waals surface area (Å²) >= 11 is 16.9. The van der Waals surface area contributed by atoms with Crippen LogP contribution in [-0.4, -0.2) is 0 Å². The van der Waals surface area contributed by atoms with Crippen molar-refractivity contribution in [3.63, 3.8) is 0 Å². The lowest BCUT2D eigenvalue weighted by Crippen LogP contribution is -1.98. The van der Waals surface area contributed by atoms with E-state index >= 15 is 0 Å². The summed E-state index contributed by atoms with van der Waals surface area (Å²) in [5, 5.41) is 2.40. The van der Waals surface area contributed by atoms with E-state index in [0.29, 0.717) is 5.69 Å². The molecule has 0 aromatic heterocycles. The molecule has 0 saturated carbocycles. The first-order valence-corrected chi connectivity index (χ1v) is 6.18. The molecule has 100 valence electrons. The molecule has 19 heavy (non-hydrogen) atoms. The number of hydrogen-bond donors (Lipinski definition) is 2. The Kier molecular flexibility index (Phi) is 4.04. The Morgan fingerprint density at radius 1 is 0.895 bits per heavy atom. The summed E-state index contributed by atoms with van der Waals surface area (Å²) in [6.45, 7) is 0. The van der Waals surface area contributed by atoms with Crippen molar-refractivity contribution in [1.82, 2.24) is 0 Å². The van der Waals surface area contributed by atoms with Gasteiger partial charge in [-0.1, -0.05) is 34.8 Å². The van der Waals surface area contributed by atoms with E-state index in [1.807, 2.05) is 0 Å². The number of anilines is 3. The third-order valence-electron chi connectivity index (χ3n) is 2.36. The summed E-state index contributed by atoms with van der Waals surface area (Å²) in [4.78, 5) is 0. The lowest BCUT2D eigenvalue weighted by molar-refractivity contribution is 0.628. The van der Waals surface area contributed by atoms with Crippen LogP contribution in [0.15, 0.2) is 24.3 Å². The standard InChI is InChI=1S/C12H7Cl3F2N2/c13-6-3-10(18)11(4-9(6)16)19-5-1-7(14)12(17)8(15)2-5/h1-4,19H,18H2. The Labute approximate surface area is 123 Å². The van der Waals surface area contributed by atoms with E-state index in [-0.39, 0.29) is 26.4 Å². The molecule has 0 saturated heterocycles. The Hall–Kier alpha value is -1.23. The monoisotopic (exact) mass is 322 g/mol. The van der Waals surface area contributed by atoms with Crippen LogP contribution in [0.5, 0.6) is 0 Å². The fourth-order valence-electron chi connectivity index (χ4n) is 1.45. The van der Waals surface area contributed by atoms with Crippen molar-refractivity contribution in [2.75, 3.05) is 11.1 Å². The molecule has 0 spiro atoms. The largest absolute Gasteiger partial charge is 0.397 e. The van der Waals surface area contributed by atoms with Crippen LogP contribution in [0.4, 0.5) is 25.8 Å². The summed E-state index contributed by atoms with van der Waals surface area (Å²) in [6, 6.07) is 5.03. The maximum absolute atomic E-state index is 13.3. The van der Waals surface area contributed by atoms with Crippen molar-refractivity contribution >= 4 is 51.9 Å². The van der Waals surface area contributed by atoms with Crippen molar-refractivity contribution in [2.45, 2.75) is 0 Å². The molecule has 3 N–H and O–H groups in total. The molecule has 0 fully saturated rings. The highest BCUT2D eigenvalue weighted by molar-refractivity contribution is 6.35. The number of hydrogen-bond acceptors (Lipinski definition) is 2. The van der Waals surface area contributed by atoms with Crippen LogP contribution in [0.3, 0.4) is 0 Å². The SMILES string of the molecule is Nc1cc(Cl)c(F)cc1Nc1cc(Cl)c(F)c(Cl)c1. The average molecular weight is 324 g/mol. The van der Waals surface area contributed by atoms with Gasteiger partial charge in [0.15, 0.2) is 5.82 Å². The molecule has 0 heterocycles. The van der Waals surface area contributed by atoms with Gasteiger partial charge in [0.2, 0.25) is 0 Å². The maximum atomic E-state index is 13.3. The Balaban J connectivity index is 2.39. The predicted octanol–water partition coefficient (Wildman–Crippen LogP) is 5.25. The van der Waals surface area contributed by atoms with Gasteiger partial charge < -0.3 is 11.1 Å². The average Bonchev–Trinajstić information content (AvgIpc) is 2.33. The molecule has 2 nitrogen and oxygen atoms in total. The van der Waals surface area contributed by atoms with Gasteiger partial charge in [-0.2, -0.15) is 0 Å². The minimum atomic E-state index is -0.718. The van der Waals surface area contributed by atoms with Gasteiger partial charge in [-0.3, -0.25) is 0 Å². The van der Waals surface area contributed by atoms with Crippen LogP contribution < -0.4 is 11.1 Å². The molecule has 2 aromatic carbocycles. The van der Waals surface area contributed by atoms with Crippen molar-refractivity contribution in [3.05, 3.63) is 51.0 Å². The topological polar surface area (TPSA) is 38.0 Å². The van der Waals surface area contributed by atoms with Gasteiger partial charge >= 0.3 is 0 Å². The normalized spacial score (nSPS) is 10.6. The summed E-state index contributed by atoms with van der Waals surface area (Å²) in [7, 11) is 0. The first kappa shape index (κ1) is 14.2. The van der Waals surface area contributed by atoms with Gasteiger partial charge in [0, 0.05) is 11.8 Å². The zero-order chi connectivity index (χ0) is 14.2. The highest BCUT2D eigenvalue weighted by Gasteiger charge is 2.10. The van der Waals surface area contributed by atoms with E-state index in [4.69, 9.17) is 40.5 Å². The highest BCUT2D eigenvalue weighted by atomic mass is 35.5. The second-order valence-electron chi connectivity index (χ2n) is 3.73. The number of nitrogen functional groups attached to an aromatic ring is 1. The third-order valence-corrected chi connectivity index (χ3v) is 3.19. The quantitative estimate of drug-likeness (QED) is 0.585. The van der Waals surface area contributed by atoms with Crippen molar-refractivity contribution < 1.29 is 8.78 Å². The van der Waals surface area contributed by atoms with E-state index in [1.54, 1.807) is 0 Å². The molecule has 0 aliphatic carbocycles. The Bertz CT molecular complexity index is 624. The van der Waals surface area contributed by atoms with Crippen LogP contribution in [0, 0.1) is 11.6 Å². The number of nitrogens with one attached hydrogen (secondary N) is 1. The lowest BCUT2D eigenvalue weighted by Gasteiger charge is -2.11. The summed E-state index contributed by atoms with van der Waals surface area (Å²) in [5.74, 6) is -1.35. The molecule has 0 atom stereocenters. The van der Waals surface area contributed by atoms with Crippen LogP contribution in [0.25, 0.3) is 0 Å². The number of halogens is 5. The van der Waals surface area contributed by atoms with Gasteiger partial charge in [0.25, 0.3) is 0 Å². The molecule has 0 amide bonds. The molecule has 0 radical (unpaired) electrons. The van der Waals surface area contributed by atoms with E-state index in [0.717, 1.165) is 6.07 Å². The van der Waals surface area contributed by atoms with Crippen LogP contribution in [0.2, 0.25) is 15.1 Å². The first-order valence-electron chi connectivity index (χ1n) is 5.04. The van der Waals surface area contributed by atoms with E-state index in [9.17, 15) is 8.78 Å². The summed E-state index contributed by atoms with van der Waals surface area (Å²) < 4.78 is 26.6. The zero-order valence-electron chi connectivity index (χ0n) is 9.28. The van der Waals surface area contributed by atoms with Gasteiger partial charge in [-0.05, 0) is 18.2 Å². The van der Waals surface area contributed by atoms with Crippen molar-refractivity contribution in [2.24, 2.45) is 0 Å². The van der Waals surface area contributed by atoms with Crippen LogP contribution in [0.1, 0.15) is 0 Å². The Morgan fingerprint density at radius 2 is 1.47 bits per heavy atom. The van der Waals surface area contributed by atoms with E-state index < -0.39 is 11.6 Å². The number of rotatable bonds is 2. The predicted molar refractivity (Wildman–Crippen MR) is 75.5 cm³/mol. The zero-order valence-corrected chi connectivity index (χ0v) is 11.5. The van der Waals surface area contributed by atoms with Gasteiger partial charge in [-0.25, -0.2) is 8.78 Å². The molecule has 7 heteroatoms. The van der Waals surface area contributed by atoms with Crippen LogP contribution >= 0.6 is 34.8 Å². The lowest BCUT2D eigenvalue weighted by atomic mass is 10.2. The molecular formula is C12H7Cl3F2N2. The fraction of sp³-hybridized carbons (Fsp3) is 0. The minimum absolute atomic E-state index is 0.0850. The van der Waals surface area contributed by atoms with Gasteiger partial charge in [0.05, 0.1) is 26.4 Å². The highest BCUT2D eigenvalue weighted by Crippen LogP contribution is 2.32. The maximum Gasteiger partial charge on any atom is 0.160 e. The van der Waals surface area contributed by atoms with Gasteiger partial charge in [0.1, 0.15) is 5.82 Å². The van der Waals surface area contributed by atoms with Crippen molar-refractivity contribution in [3.8, 4) is 0 Å². The smallest absolute Gasteiger partial charge is 0.160 e. The first-order chi connectivity index (χ1) is 8.88. The molecule has 0 bridgehead atoms. The summed E-state index contributed by atoms with van der Waals surface area (Å²) in [6.07, 6.45) is 0.